The summed E-state index contributed by atoms with van der Waals surface area (Å²) < 4.78 is 5.56. The highest BCUT2D eigenvalue weighted by Gasteiger charge is 2.52. The van der Waals surface area contributed by atoms with Gasteiger partial charge in [0, 0.05) is 18.4 Å². The Kier molecular flexibility index (Phi) is 3.92. The average Bonchev–Trinajstić information content (AvgIpc) is 3.08. The number of fused-ring (bicyclic) bond motifs is 2. The summed E-state index contributed by atoms with van der Waals surface area (Å²) in [5.74, 6) is -2.82. The van der Waals surface area contributed by atoms with Gasteiger partial charge in [0.25, 0.3) is 0 Å². The second-order valence-electron chi connectivity index (χ2n) is 5.69. The molecule has 0 spiro atoms. The van der Waals surface area contributed by atoms with Gasteiger partial charge in [-0.2, -0.15) is 0 Å². The predicted molar refractivity (Wildman–Crippen MR) is 73.0 cm³/mol. The highest BCUT2D eigenvalue weighted by molar-refractivity contribution is 5.86. The van der Waals surface area contributed by atoms with E-state index in [1.807, 2.05) is 30.3 Å². The fourth-order valence-electron chi connectivity index (χ4n) is 3.40. The third-order valence-corrected chi connectivity index (χ3v) is 4.40. The topological polar surface area (TPSA) is 78.5 Å². The van der Waals surface area contributed by atoms with E-state index in [0.717, 1.165) is 18.4 Å². The normalized spacial score (nSPS) is 30.3. The van der Waals surface area contributed by atoms with Crippen molar-refractivity contribution in [3.8, 4) is 0 Å². The molecule has 0 unspecified atom stereocenters. The molecule has 1 aromatic rings. The highest BCUT2D eigenvalue weighted by atomic mass is 16.5. The van der Waals surface area contributed by atoms with Gasteiger partial charge in [-0.15, -0.1) is 0 Å². The first-order valence-electron chi connectivity index (χ1n) is 7.35. The third kappa shape index (κ3) is 2.78. The van der Waals surface area contributed by atoms with Gasteiger partial charge >= 0.3 is 0 Å². The molecule has 2 bridgehead atoms. The molecule has 2 fully saturated rings. The molecule has 5 nitrogen and oxygen atoms in total. The van der Waals surface area contributed by atoms with Gasteiger partial charge < -0.3 is 20.0 Å². The largest absolute Gasteiger partial charge is 0.550 e. The molecule has 112 valence electrons. The van der Waals surface area contributed by atoms with Gasteiger partial charge in [-0.25, -0.2) is 0 Å². The van der Waals surface area contributed by atoms with E-state index >= 15 is 0 Å². The van der Waals surface area contributed by atoms with Crippen molar-refractivity contribution in [2.45, 2.75) is 31.5 Å². The van der Waals surface area contributed by atoms with Crippen LogP contribution < -0.4 is 10.4 Å². The predicted octanol–water partition coefficient (Wildman–Crippen LogP) is -0.111. The lowest BCUT2D eigenvalue weighted by atomic mass is 9.78. The van der Waals surface area contributed by atoms with E-state index in [2.05, 4.69) is 5.32 Å². The van der Waals surface area contributed by atoms with Crippen LogP contribution in [0.3, 0.4) is 0 Å². The lowest BCUT2D eigenvalue weighted by molar-refractivity contribution is -0.314. The smallest absolute Gasteiger partial charge is 0.226 e. The number of carboxylic acids is 1. The number of benzene rings is 1. The molecule has 0 aromatic heterocycles. The number of hydrogen-bond acceptors (Lipinski definition) is 4. The van der Waals surface area contributed by atoms with Gasteiger partial charge in [0.05, 0.1) is 18.1 Å². The van der Waals surface area contributed by atoms with Crippen LogP contribution in [-0.4, -0.2) is 30.6 Å². The summed E-state index contributed by atoms with van der Waals surface area (Å²) in [4.78, 5) is 23.5. The Balaban J connectivity index is 1.56. The maximum atomic E-state index is 12.3. The van der Waals surface area contributed by atoms with Crippen LogP contribution in [0.2, 0.25) is 0 Å². The molecule has 0 saturated carbocycles. The number of hydrogen-bond donors (Lipinski definition) is 1. The number of carbonyl (C=O) groups excluding carboxylic acids is 2. The molecule has 0 radical (unpaired) electrons. The van der Waals surface area contributed by atoms with Crippen molar-refractivity contribution >= 4 is 11.9 Å². The van der Waals surface area contributed by atoms with Crippen molar-refractivity contribution in [3.63, 3.8) is 0 Å². The van der Waals surface area contributed by atoms with Gasteiger partial charge in [-0.05, 0) is 24.8 Å². The number of amides is 1. The molecule has 1 amide bonds. The first-order valence-corrected chi connectivity index (χ1v) is 7.35. The number of nitrogens with one attached hydrogen (secondary N) is 1. The fraction of sp³-hybridized carbons (Fsp3) is 0.500. The van der Waals surface area contributed by atoms with Crippen molar-refractivity contribution in [1.82, 2.24) is 5.32 Å². The summed E-state index contributed by atoms with van der Waals surface area (Å²) in [7, 11) is 0. The molecule has 4 atom stereocenters. The van der Waals surface area contributed by atoms with E-state index in [9.17, 15) is 14.7 Å². The minimum atomic E-state index is -1.18. The first kappa shape index (κ1) is 14.1. The van der Waals surface area contributed by atoms with Crippen LogP contribution in [0, 0.1) is 11.8 Å². The summed E-state index contributed by atoms with van der Waals surface area (Å²) in [6.07, 6.45) is 1.56. The fourth-order valence-corrected chi connectivity index (χ4v) is 3.40. The zero-order chi connectivity index (χ0) is 14.8. The molecular formula is C16H18NO4-. The van der Waals surface area contributed by atoms with E-state index in [-0.39, 0.29) is 18.1 Å². The molecule has 2 saturated heterocycles. The molecule has 1 aromatic carbocycles. The Bertz CT molecular complexity index is 530. The summed E-state index contributed by atoms with van der Waals surface area (Å²) in [5, 5.41) is 14.1. The van der Waals surface area contributed by atoms with Crippen LogP contribution in [0.4, 0.5) is 0 Å². The molecule has 3 rings (SSSR count). The Morgan fingerprint density at radius 2 is 1.81 bits per heavy atom. The van der Waals surface area contributed by atoms with Crippen LogP contribution in [0.25, 0.3) is 0 Å². The Labute approximate surface area is 123 Å². The number of carbonyl (C=O) groups is 2. The maximum Gasteiger partial charge on any atom is 0.226 e. The van der Waals surface area contributed by atoms with Crippen molar-refractivity contribution in [2.24, 2.45) is 11.8 Å². The van der Waals surface area contributed by atoms with Crippen LogP contribution in [0.5, 0.6) is 0 Å². The Hall–Kier alpha value is -1.88. The third-order valence-electron chi connectivity index (χ3n) is 4.40. The summed E-state index contributed by atoms with van der Waals surface area (Å²) >= 11 is 0. The molecule has 21 heavy (non-hydrogen) atoms. The molecule has 5 heteroatoms. The summed E-state index contributed by atoms with van der Waals surface area (Å²) in [6.45, 7) is 0.497. The number of ether oxygens (including phenoxy) is 1. The monoisotopic (exact) mass is 288 g/mol. The molecule has 2 aliphatic rings. The molecule has 2 heterocycles. The van der Waals surface area contributed by atoms with Gasteiger partial charge in [-0.3, -0.25) is 4.79 Å². The zero-order valence-electron chi connectivity index (χ0n) is 11.7. The zero-order valence-corrected chi connectivity index (χ0v) is 11.7. The van der Waals surface area contributed by atoms with Crippen LogP contribution >= 0.6 is 0 Å². The maximum absolute atomic E-state index is 12.3. The molecular weight excluding hydrogens is 270 g/mol. The standard InChI is InChI=1S/C16H19NO4/c18-15(17-9-8-10-4-2-1-3-5-10)13-11-6-7-12(21-11)14(13)16(19)20/h1-5,11-14H,6-9H2,(H,17,18)(H,19,20)/p-1/t11-,12+,13-,14-/m0/s1. The Morgan fingerprint density at radius 3 is 2.48 bits per heavy atom. The second kappa shape index (κ2) is 5.85. The van der Waals surface area contributed by atoms with E-state index in [1.165, 1.54) is 0 Å². The van der Waals surface area contributed by atoms with Gasteiger partial charge in [-0.1, -0.05) is 30.3 Å². The van der Waals surface area contributed by atoms with Gasteiger partial charge in [0.1, 0.15) is 0 Å². The number of carboxylic acid groups (broad SMARTS) is 1. The molecule has 0 aliphatic carbocycles. The van der Waals surface area contributed by atoms with Crippen molar-refractivity contribution < 1.29 is 19.4 Å². The summed E-state index contributed by atoms with van der Waals surface area (Å²) in [6, 6.07) is 9.84. The number of rotatable bonds is 5. The van der Waals surface area contributed by atoms with E-state index in [4.69, 9.17) is 4.74 Å². The summed E-state index contributed by atoms with van der Waals surface area (Å²) in [5.41, 5.74) is 1.14. The molecule has 1 N–H and O–H groups in total. The van der Waals surface area contributed by atoms with Crippen molar-refractivity contribution in [3.05, 3.63) is 35.9 Å². The lowest BCUT2D eigenvalue weighted by Crippen LogP contribution is -2.48. The lowest BCUT2D eigenvalue weighted by Gasteiger charge is -2.27. The van der Waals surface area contributed by atoms with Crippen LogP contribution in [0.1, 0.15) is 18.4 Å². The first-order chi connectivity index (χ1) is 10.2. The SMILES string of the molecule is O=C(NCCc1ccccc1)[C@@H]1[C@@H](C(=O)[O-])[C@H]2CC[C@@H]1O2. The quantitative estimate of drug-likeness (QED) is 0.820. The van der Waals surface area contributed by atoms with Crippen LogP contribution in [0.15, 0.2) is 30.3 Å². The van der Waals surface area contributed by atoms with Crippen molar-refractivity contribution in [2.75, 3.05) is 6.54 Å². The average molecular weight is 288 g/mol. The van der Waals surface area contributed by atoms with Crippen molar-refractivity contribution in [1.29, 1.82) is 0 Å². The van der Waals surface area contributed by atoms with Gasteiger partial charge in [0.2, 0.25) is 5.91 Å². The highest BCUT2D eigenvalue weighted by Crippen LogP contribution is 2.43. The minimum Gasteiger partial charge on any atom is -0.550 e. The van der Waals surface area contributed by atoms with E-state index in [1.54, 1.807) is 0 Å². The van der Waals surface area contributed by atoms with E-state index in [0.29, 0.717) is 13.0 Å². The second-order valence-corrected chi connectivity index (χ2v) is 5.69. The van der Waals surface area contributed by atoms with Crippen LogP contribution in [-0.2, 0) is 20.7 Å². The number of aliphatic carboxylic acids is 1. The Morgan fingerprint density at radius 1 is 1.14 bits per heavy atom. The van der Waals surface area contributed by atoms with Gasteiger partial charge in [0.15, 0.2) is 0 Å². The van der Waals surface area contributed by atoms with E-state index < -0.39 is 17.8 Å². The molecule has 2 aliphatic heterocycles. The minimum absolute atomic E-state index is 0.229.